The molecule has 8 heteroatoms. The van der Waals surface area contributed by atoms with Crippen LogP contribution in [0.1, 0.15) is 21.5 Å². The summed E-state index contributed by atoms with van der Waals surface area (Å²) in [6, 6.07) is 14.9. The zero-order valence-electron chi connectivity index (χ0n) is 15.4. The van der Waals surface area contributed by atoms with Gasteiger partial charge in [0, 0.05) is 22.4 Å². The van der Waals surface area contributed by atoms with Crippen molar-refractivity contribution in [1.29, 1.82) is 0 Å². The molecule has 0 aliphatic heterocycles. The van der Waals surface area contributed by atoms with Gasteiger partial charge in [-0.05, 0) is 70.1 Å². The van der Waals surface area contributed by atoms with Gasteiger partial charge in [-0.2, -0.15) is 5.10 Å². The molecule has 2 aromatic carbocycles. The van der Waals surface area contributed by atoms with E-state index in [0.717, 1.165) is 19.2 Å². The van der Waals surface area contributed by atoms with Crippen molar-refractivity contribution in [2.24, 2.45) is 5.10 Å². The van der Waals surface area contributed by atoms with E-state index in [1.54, 1.807) is 43.9 Å². The topological polar surface area (TPSA) is 72.8 Å². The van der Waals surface area contributed by atoms with Crippen LogP contribution in [0.2, 0.25) is 0 Å². The van der Waals surface area contributed by atoms with Gasteiger partial charge in [0.1, 0.15) is 6.61 Å². The Labute approximate surface area is 190 Å². The molecule has 0 aliphatic carbocycles. The minimum atomic E-state index is -0.306. The van der Waals surface area contributed by atoms with Crippen LogP contribution in [0, 0.1) is 3.57 Å². The Morgan fingerprint density at radius 2 is 1.93 bits per heavy atom. The smallest absolute Gasteiger partial charge is 0.271 e. The number of ether oxygens (including phenoxy) is 2. The molecular weight excluding hydrogens is 549 g/mol. The third-order valence-electron chi connectivity index (χ3n) is 3.87. The molecule has 1 heterocycles. The minimum Gasteiger partial charge on any atom is -0.493 e. The highest BCUT2D eigenvalue weighted by atomic mass is 127. The van der Waals surface area contributed by atoms with Gasteiger partial charge >= 0.3 is 0 Å². The first-order chi connectivity index (χ1) is 14.1. The monoisotopic (exact) mass is 565 g/mol. The van der Waals surface area contributed by atoms with E-state index in [2.05, 4.69) is 54.0 Å². The van der Waals surface area contributed by atoms with Gasteiger partial charge in [0.05, 0.1) is 16.9 Å². The normalized spacial score (nSPS) is 10.7. The SMILES string of the molecule is COc1cc(/C=N\NC(=O)c2ccncc2)cc(I)c1OCc1ccc(Br)cc1. The maximum atomic E-state index is 12.0. The highest BCUT2D eigenvalue weighted by Crippen LogP contribution is 2.34. The number of hydrogen-bond acceptors (Lipinski definition) is 5. The summed E-state index contributed by atoms with van der Waals surface area (Å²) in [5, 5.41) is 4.02. The number of hydrogen-bond donors (Lipinski definition) is 1. The summed E-state index contributed by atoms with van der Waals surface area (Å²) >= 11 is 5.61. The molecule has 0 aliphatic rings. The van der Waals surface area contributed by atoms with Gasteiger partial charge in [-0.3, -0.25) is 9.78 Å². The van der Waals surface area contributed by atoms with Crippen molar-refractivity contribution in [3.63, 3.8) is 0 Å². The predicted octanol–water partition coefficient (Wildman–Crippen LogP) is 4.80. The molecule has 0 saturated carbocycles. The second kappa shape index (κ2) is 10.4. The van der Waals surface area contributed by atoms with E-state index < -0.39 is 0 Å². The van der Waals surface area contributed by atoms with Crippen LogP contribution in [0.5, 0.6) is 11.5 Å². The lowest BCUT2D eigenvalue weighted by Gasteiger charge is -2.13. The van der Waals surface area contributed by atoms with Crippen molar-refractivity contribution in [2.45, 2.75) is 6.61 Å². The van der Waals surface area contributed by atoms with Crippen molar-refractivity contribution < 1.29 is 14.3 Å². The number of hydrazone groups is 1. The molecule has 3 rings (SSSR count). The van der Waals surface area contributed by atoms with Gasteiger partial charge in [0.15, 0.2) is 11.5 Å². The fourth-order valence-electron chi connectivity index (χ4n) is 2.42. The van der Waals surface area contributed by atoms with Gasteiger partial charge in [-0.1, -0.05) is 28.1 Å². The summed E-state index contributed by atoms with van der Waals surface area (Å²) in [7, 11) is 1.59. The average Bonchev–Trinajstić information content (AvgIpc) is 2.74. The standard InChI is InChI=1S/C21H17BrIN3O3/c1-28-19-11-15(12-25-26-21(27)16-6-8-24-9-7-16)10-18(23)20(19)29-13-14-2-4-17(22)5-3-14/h2-12H,13H2,1H3,(H,26,27)/b25-12-. The molecule has 1 N–H and O–H groups in total. The summed E-state index contributed by atoms with van der Waals surface area (Å²) in [4.78, 5) is 15.9. The Morgan fingerprint density at radius 1 is 1.21 bits per heavy atom. The molecular formula is C21H17BrIN3O3. The molecule has 0 fully saturated rings. The maximum absolute atomic E-state index is 12.0. The minimum absolute atomic E-state index is 0.306. The fourth-order valence-corrected chi connectivity index (χ4v) is 3.47. The Hall–Kier alpha value is -2.46. The van der Waals surface area contributed by atoms with Crippen LogP contribution in [0.25, 0.3) is 0 Å². The molecule has 0 spiro atoms. The summed E-state index contributed by atoms with van der Waals surface area (Å²) in [5.74, 6) is 0.949. The van der Waals surface area contributed by atoms with Gasteiger partial charge < -0.3 is 9.47 Å². The Morgan fingerprint density at radius 3 is 2.62 bits per heavy atom. The van der Waals surface area contributed by atoms with E-state index in [9.17, 15) is 4.79 Å². The summed E-state index contributed by atoms with van der Waals surface area (Å²) in [6.07, 6.45) is 4.67. The van der Waals surface area contributed by atoms with Crippen molar-refractivity contribution in [1.82, 2.24) is 10.4 Å². The highest BCUT2D eigenvalue weighted by Gasteiger charge is 2.12. The first kappa shape index (κ1) is 21.3. The van der Waals surface area contributed by atoms with E-state index in [1.165, 1.54) is 0 Å². The maximum Gasteiger partial charge on any atom is 0.271 e. The third kappa shape index (κ3) is 6.01. The van der Waals surface area contributed by atoms with E-state index in [4.69, 9.17) is 9.47 Å². The van der Waals surface area contributed by atoms with Gasteiger partial charge in [-0.15, -0.1) is 0 Å². The van der Waals surface area contributed by atoms with E-state index in [-0.39, 0.29) is 5.91 Å². The number of pyridine rings is 1. The van der Waals surface area contributed by atoms with Gasteiger partial charge in [0.25, 0.3) is 5.91 Å². The zero-order valence-corrected chi connectivity index (χ0v) is 19.2. The molecule has 29 heavy (non-hydrogen) atoms. The molecule has 0 bridgehead atoms. The number of rotatable bonds is 7. The first-order valence-electron chi connectivity index (χ1n) is 8.55. The lowest BCUT2D eigenvalue weighted by Crippen LogP contribution is -2.17. The van der Waals surface area contributed by atoms with Crippen molar-refractivity contribution in [3.05, 3.63) is 85.7 Å². The number of benzene rings is 2. The summed E-state index contributed by atoms with van der Waals surface area (Å²) < 4.78 is 13.3. The molecule has 148 valence electrons. The quantitative estimate of drug-likeness (QED) is 0.254. The average molecular weight is 566 g/mol. The number of aromatic nitrogens is 1. The van der Waals surface area contributed by atoms with Crippen LogP contribution in [0.4, 0.5) is 0 Å². The van der Waals surface area contributed by atoms with Crippen LogP contribution in [0.3, 0.4) is 0 Å². The third-order valence-corrected chi connectivity index (χ3v) is 5.20. The molecule has 0 saturated heterocycles. The van der Waals surface area contributed by atoms with Crippen LogP contribution >= 0.6 is 38.5 Å². The number of halogens is 2. The van der Waals surface area contributed by atoms with Crippen LogP contribution in [0.15, 0.2) is 70.5 Å². The van der Waals surface area contributed by atoms with E-state index in [1.807, 2.05) is 30.3 Å². The van der Waals surface area contributed by atoms with Crippen molar-refractivity contribution >= 4 is 50.6 Å². The van der Waals surface area contributed by atoms with Gasteiger partial charge in [0.2, 0.25) is 0 Å². The number of nitrogens with one attached hydrogen (secondary N) is 1. The highest BCUT2D eigenvalue weighted by molar-refractivity contribution is 14.1. The summed E-state index contributed by atoms with van der Waals surface area (Å²) in [6.45, 7) is 0.426. The Bertz CT molecular complexity index is 1010. The summed E-state index contributed by atoms with van der Waals surface area (Å²) in [5.41, 5.74) is 4.81. The predicted molar refractivity (Wildman–Crippen MR) is 123 cm³/mol. The zero-order chi connectivity index (χ0) is 20.6. The van der Waals surface area contributed by atoms with Crippen molar-refractivity contribution in [3.8, 4) is 11.5 Å². The Balaban J connectivity index is 1.68. The number of carbonyl (C=O) groups excluding carboxylic acids is 1. The lowest BCUT2D eigenvalue weighted by atomic mass is 10.2. The van der Waals surface area contributed by atoms with E-state index in [0.29, 0.717) is 23.7 Å². The van der Waals surface area contributed by atoms with Gasteiger partial charge in [-0.25, -0.2) is 5.43 Å². The molecule has 0 radical (unpaired) electrons. The molecule has 3 aromatic rings. The van der Waals surface area contributed by atoms with Crippen LogP contribution < -0.4 is 14.9 Å². The molecule has 6 nitrogen and oxygen atoms in total. The first-order valence-corrected chi connectivity index (χ1v) is 10.4. The second-order valence-corrected chi connectivity index (χ2v) is 7.96. The largest absolute Gasteiger partial charge is 0.493 e. The van der Waals surface area contributed by atoms with Crippen LogP contribution in [-0.4, -0.2) is 24.2 Å². The molecule has 0 unspecified atom stereocenters. The number of amides is 1. The van der Waals surface area contributed by atoms with Crippen LogP contribution in [-0.2, 0) is 6.61 Å². The molecule has 1 aromatic heterocycles. The number of nitrogens with zero attached hydrogens (tertiary/aromatic N) is 2. The number of methoxy groups -OCH3 is 1. The lowest BCUT2D eigenvalue weighted by molar-refractivity contribution is 0.0955. The van der Waals surface area contributed by atoms with Crippen molar-refractivity contribution in [2.75, 3.05) is 7.11 Å². The molecule has 1 amide bonds. The van der Waals surface area contributed by atoms with E-state index >= 15 is 0 Å². The second-order valence-electron chi connectivity index (χ2n) is 5.88. The fraction of sp³-hybridized carbons (Fsp3) is 0.0952. The molecule has 0 atom stereocenters. The number of carbonyl (C=O) groups is 1. The Kier molecular flexibility index (Phi) is 7.59.